The van der Waals surface area contributed by atoms with E-state index in [4.69, 9.17) is 0 Å². The first-order valence-electron chi connectivity index (χ1n) is 7.69. The van der Waals surface area contributed by atoms with Crippen molar-refractivity contribution in [3.63, 3.8) is 0 Å². The van der Waals surface area contributed by atoms with Gasteiger partial charge in [0.25, 0.3) is 0 Å². The number of rotatable bonds is 4. The van der Waals surface area contributed by atoms with Crippen LogP contribution in [0.5, 0.6) is 0 Å². The molecule has 1 N–H and O–H groups in total. The first kappa shape index (κ1) is 15.5. The molecule has 2 rings (SSSR count). The topological polar surface area (TPSA) is 26.7 Å². The standard InChI is InChI=1S/C17H28N2O/c1-13(2)19-9-7-18(8-10-19)12-17(20)16-6-5-14(3)11-15(16)4/h5-6,11,13,17,20H,7-10,12H2,1-4H3. The number of benzene rings is 1. The molecule has 1 aromatic carbocycles. The van der Waals surface area contributed by atoms with E-state index >= 15 is 0 Å². The highest BCUT2D eigenvalue weighted by atomic mass is 16.3. The first-order valence-corrected chi connectivity index (χ1v) is 7.69. The average molecular weight is 276 g/mol. The monoisotopic (exact) mass is 276 g/mol. The zero-order valence-electron chi connectivity index (χ0n) is 13.3. The number of aliphatic hydroxyl groups is 1. The molecule has 1 unspecified atom stereocenters. The van der Waals surface area contributed by atoms with Gasteiger partial charge in [0.2, 0.25) is 0 Å². The van der Waals surface area contributed by atoms with Crippen LogP contribution in [0.25, 0.3) is 0 Å². The van der Waals surface area contributed by atoms with Gasteiger partial charge < -0.3 is 5.11 Å². The lowest BCUT2D eigenvalue weighted by Gasteiger charge is -2.37. The number of aryl methyl sites for hydroxylation is 2. The largest absolute Gasteiger partial charge is 0.387 e. The lowest BCUT2D eigenvalue weighted by molar-refractivity contribution is 0.0619. The minimum Gasteiger partial charge on any atom is -0.387 e. The second-order valence-corrected chi connectivity index (χ2v) is 6.31. The maximum Gasteiger partial charge on any atom is 0.0919 e. The van der Waals surface area contributed by atoms with Crippen LogP contribution in [-0.4, -0.2) is 53.7 Å². The summed E-state index contributed by atoms with van der Waals surface area (Å²) < 4.78 is 0. The molecule has 1 heterocycles. The van der Waals surface area contributed by atoms with E-state index in [-0.39, 0.29) is 6.10 Å². The predicted molar refractivity (Wildman–Crippen MR) is 84.0 cm³/mol. The molecule has 0 bridgehead atoms. The van der Waals surface area contributed by atoms with Crippen LogP contribution in [0.15, 0.2) is 18.2 Å². The average Bonchev–Trinajstić information content (AvgIpc) is 2.39. The van der Waals surface area contributed by atoms with E-state index in [1.807, 2.05) is 0 Å². The Hall–Kier alpha value is -0.900. The molecular weight excluding hydrogens is 248 g/mol. The Labute approximate surface area is 123 Å². The molecule has 1 atom stereocenters. The van der Waals surface area contributed by atoms with Gasteiger partial charge in [-0.1, -0.05) is 23.8 Å². The highest BCUT2D eigenvalue weighted by molar-refractivity contribution is 5.32. The van der Waals surface area contributed by atoms with Gasteiger partial charge in [0, 0.05) is 38.8 Å². The molecule has 1 aliphatic rings. The van der Waals surface area contributed by atoms with Crippen molar-refractivity contribution in [2.75, 3.05) is 32.7 Å². The second-order valence-electron chi connectivity index (χ2n) is 6.31. The number of hydrogen-bond donors (Lipinski definition) is 1. The molecular formula is C17H28N2O. The van der Waals surface area contributed by atoms with Gasteiger partial charge in [-0.05, 0) is 38.8 Å². The SMILES string of the molecule is Cc1ccc(C(O)CN2CCN(C(C)C)CC2)c(C)c1. The number of hydrogen-bond acceptors (Lipinski definition) is 3. The summed E-state index contributed by atoms with van der Waals surface area (Å²) in [6.45, 7) is 13.8. The summed E-state index contributed by atoms with van der Waals surface area (Å²) in [6, 6.07) is 6.93. The fourth-order valence-electron chi connectivity index (χ4n) is 3.00. The molecule has 1 aliphatic heterocycles. The van der Waals surface area contributed by atoms with Gasteiger partial charge in [0.15, 0.2) is 0 Å². The summed E-state index contributed by atoms with van der Waals surface area (Å²) in [5, 5.41) is 10.5. The third kappa shape index (κ3) is 3.81. The molecule has 112 valence electrons. The van der Waals surface area contributed by atoms with Crippen LogP contribution in [0.3, 0.4) is 0 Å². The maximum atomic E-state index is 10.5. The molecule has 0 saturated carbocycles. The third-order valence-electron chi connectivity index (χ3n) is 4.35. The molecule has 0 spiro atoms. The molecule has 0 aromatic heterocycles. The summed E-state index contributed by atoms with van der Waals surface area (Å²) in [6.07, 6.45) is -0.374. The molecule has 3 heteroatoms. The number of β-amino-alcohol motifs (C(OH)–C–C–N with tert-alkyl or cyclic N) is 1. The van der Waals surface area contributed by atoms with Crippen molar-refractivity contribution < 1.29 is 5.11 Å². The number of nitrogens with zero attached hydrogens (tertiary/aromatic N) is 2. The van der Waals surface area contributed by atoms with E-state index in [0.717, 1.165) is 38.3 Å². The Kier molecular flexibility index (Phi) is 5.19. The van der Waals surface area contributed by atoms with Crippen LogP contribution in [0.4, 0.5) is 0 Å². The van der Waals surface area contributed by atoms with Crippen LogP contribution in [-0.2, 0) is 0 Å². The van der Waals surface area contributed by atoms with Gasteiger partial charge in [0.05, 0.1) is 6.10 Å². The smallest absolute Gasteiger partial charge is 0.0919 e. The van der Waals surface area contributed by atoms with E-state index in [1.54, 1.807) is 0 Å². The summed E-state index contributed by atoms with van der Waals surface area (Å²) >= 11 is 0. The summed E-state index contributed by atoms with van der Waals surface area (Å²) in [7, 11) is 0. The van der Waals surface area contributed by atoms with Crippen molar-refractivity contribution in [1.29, 1.82) is 0 Å². The minimum absolute atomic E-state index is 0.374. The van der Waals surface area contributed by atoms with Gasteiger partial charge >= 0.3 is 0 Å². The van der Waals surface area contributed by atoms with Crippen LogP contribution in [0, 0.1) is 13.8 Å². The van der Waals surface area contributed by atoms with Gasteiger partial charge in [-0.3, -0.25) is 9.80 Å². The van der Waals surface area contributed by atoms with Crippen molar-refractivity contribution in [2.45, 2.75) is 39.8 Å². The van der Waals surface area contributed by atoms with E-state index in [1.165, 1.54) is 11.1 Å². The van der Waals surface area contributed by atoms with Crippen molar-refractivity contribution in [1.82, 2.24) is 9.80 Å². The summed E-state index contributed by atoms with van der Waals surface area (Å²) in [4.78, 5) is 4.88. The minimum atomic E-state index is -0.374. The Morgan fingerprint density at radius 1 is 1.10 bits per heavy atom. The van der Waals surface area contributed by atoms with E-state index < -0.39 is 0 Å². The van der Waals surface area contributed by atoms with Gasteiger partial charge in [-0.2, -0.15) is 0 Å². The normalized spacial score (nSPS) is 19.5. The molecule has 3 nitrogen and oxygen atoms in total. The van der Waals surface area contributed by atoms with Crippen LogP contribution < -0.4 is 0 Å². The van der Waals surface area contributed by atoms with Crippen molar-refractivity contribution >= 4 is 0 Å². The lowest BCUT2D eigenvalue weighted by atomic mass is 10.0. The van der Waals surface area contributed by atoms with Crippen molar-refractivity contribution in [3.05, 3.63) is 34.9 Å². The Morgan fingerprint density at radius 2 is 1.75 bits per heavy atom. The van der Waals surface area contributed by atoms with Gasteiger partial charge in [-0.25, -0.2) is 0 Å². The van der Waals surface area contributed by atoms with E-state index in [2.05, 4.69) is 55.7 Å². The fourth-order valence-corrected chi connectivity index (χ4v) is 3.00. The molecule has 20 heavy (non-hydrogen) atoms. The Bertz CT molecular complexity index is 437. The Balaban J connectivity index is 1.90. The molecule has 1 saturated heterocycles. The lowest BCUT2D eigenvalue weighted by Crippen LogP contribution is -2.49. The summed E-state index contributed by atoms with van der Waals surface area (Å²) in [5.41, 5.74) is 3.52. The zero-order chi connectivity index (χ0) is 14.7. The molecule has 1 aromatic rings. The van der Waals surface area contributed by atoms with Crippen LogP contribution in [0.1, 0.15) is 36.6 Å². The molecule has 0 aliphatic carbocycles. The number of piperazine rings is 1. The number of aliphatic hydroxyl groups excluding tert-OH is 1. The summed E-state index contributed by atoms with van der Waals surface area (Å²) in [5.74, 6) is 0. The fraction of sp³-hybridized carbons (Fsp3) is 0.647. The molecule has 0 radical (unpaired) electrons. The van der Waals surface area contributed by atoms with E-state index in [9.17, 15) is 5.11 Å². The maximum absolute atomic E-state index is 10.5. The van der Waals surface area contributed by atoms with Crippen LogP contribution in [0.2, 0.25) is 0 Å². The highest BCUT2D eigenvalue weighted by Gasteiger charge is 2.21. The molecule has 1 fully saturated rings. The third-order valence-corrected chi connectivity index (χ3v) is 4.35. The highest BCUT2D eigenvalue weighted by Crippen LogP contribution is 2.20. The Morgan fingerprint density at radius 3 is 2.30 bits per heavy atom. The zero-order valence-corrected chi connectivity index (χ0v) is 13.3. The first-order chi connectivity index (χ1) is 9.47. The van der Waals surface area contributed by atoms with Gasteiger partial charge in [0.1, 0.15) is 0 Å². The molecule has 0 amide bonds. The van der Waals surface area contributed by atoms with Crippen LogP contribution >= 0.6 is 0 Å². The van der Waals surface area contributed by atoms with Crippen molar-refractivity contribution in [3.8, 4) is 0 Å². The predicted octanol–water partition coefficient (Wildman–Crippen LogP) is 2.36. The van der Waals surface area contributed by atoms with Crippen molar-refractivity contribution in [2.24, 2.45) is 0 Å². The second kappa shape index (κ2) is 6.70. The van der Waals surface area contributed by atoms with Gasteiger partial charge in [-0.15, -0.1) is 0 Å². The van der Waals surface area contributed by atoms with E-state index in [0.29, 0.717) is 6.04 Å². The quantitative estimate of drug-likeness (QED) is 0.914.